The molecule has 1 amide bonds. The summed E-state index contributed by atoms with van der Waals surface area (Å²) in [7, 11) is 1.32. The topological polar surface area (TPSA) is 80.3 Å². The highest BCUT2D eigenvalue weighted by atomic mass is 16.5. The molecule has 1 fully saturated rings. The molecule has 0 aromatic carbocycles. The van der Waals surface area contributed by atoms with Crippen LogP contribution in [-0.2, 0) is 9.53 Å². The molecule has 6 heteroatoms. The summed E-state index contributed by atoms with van der Waals surface area (Å²) in [6.45, 7) is 0.258. The van der Waals surface area contributed by atoms with Crippen LogP contribution in [0.1, 0.15) is 29.6 Å². The number of nitrogens with one attached hydrogen (secondary N) is 2. The lowest BCUT2D eigenvalue weighted by Gasteiger charge is -2.06. The molecule has 1 heterocycles. The van der Waals surface area contributed by atoms with Crippen LogP contribution in [0.5, 0.6) is 0 Å². The molecule has 1 saturated carbocycles. The van der Waals surface area contributed by atoms with Crippen LogP contribution in [0.4, 0.5) is 5.82 Å². The van der Waals surface area contributed by atoms with E-state index in [0.717, 1.165) is 5.82 Å². The number of rotatable bonds is 6. The van der Waals surface area contributed by atoms with E-state index in [9.17, 15) is 9.59 Å². The van der Waals surface area contributed by atoms with Crippen LogP contribution in [0.15, 0.2) is 18.3 Å². The number of ether oxygens (including phenoxy) is 1. The van der Waals surface area contributed by atoms with E-state index in [1.165, 1.54) is 26.1 Å². The van der Waals surface area contributed by atoms with Gasteiger partial charge in [0.2, 0.25) is 0 Å². The maximum absolute atomic E-state index is 11.7. The summed E-state index contributed by atoms with van der Waals surface area (Å²) >= 11 is 0. The van der Waals surface area contributed by atoms with Crippen molar-refractivity contribution in [2.45, 2.75) is 25.3 Å². The molecule has 1 aromatic rings. The van der Waals surface area contributed by atoms with Crippen LogP contribution in [0.3, 0.4) is 0 Å². The van der Waals surface area contributed by atoms with Crippen molar-refractivity contribution in [3.05, 3.63) is 23.9 Å². The van der Waals surface area contributed by atoms with E-state index in [2.05, 4.69) is 20.4 Å². The van der Waals surface area contributed by atoms with Gasteiger partial charge in [-0.25, -0.2) is 4.98 Å². The number of pyridine rings is 1. The Bertz CT molecular complexity index is 455. The molecule has 1 aromatic heterocycles. The number of anilines is 1. The lowest BCUT2D eigenvalue weighted by molar-refractivity contribution is -0.140. The second-order valence-corrected chi connectivity index (χ2v) is 4.43. The summed E-state index contributed by atoms with van der Waals surface area (Å²) in [4.78, 5) is 26.8. The van der Waals surface area contributed by atoms with Crippen LogP contribution in [-0.4, -0.2) is 36.6 Å². The lowest BCUT2D eigenvalue weighted by atomic mass is 10.2. The number of esters is 1. The molecule has 6 nitrogen and oxygen atoms in total. The fourth-order valence-electron chi connectivity index (χ4n) is 1.53. The van der Waals surface area contributed by atoms with Crippen LogP contribution in [0.2, 0.25) is 0 Å². The van der Waals surface area contributed by atoms with Crippen molar-refractivity contribution in [2.75, 3.05) is 19.0 Å². The quantitative estimate of drug-likeness (QED) is 0.747. The largest absolute Gasteiger partial charge is 0.469 e. The van der Waals surface area contributed by atoms with E-state index in [-0.39, 0.29) is 24.8 Å². The van der Waals surface area contributed by atoms with Gasteiger partial charge in [-0.05, 0) is 25.0 Å². The van der Waals surface area contributed by atoms with E-state index in [4.69, 9.17) is 0 Å². The van der Waals surface area contributed by atoms with Gasteiger partial charge in [0.15, 0.2) is 0 Å². The Labute approximate surface area is 111 Å². The Balaban J connectivity index is 1.79. The number of hydrogen-bond donors (Lipinski definition) is 2. The highest BCUT2D eigenvalue weighted by Crippen LogP contribution is 2.23. The molecule has 0 unspecified atom stereocenters. The molecule has 0 spiro atoms. The summed E-state index contributed by atoms with van der Waals surface area (Å²) in [5.74, 6) is 0.199. The van der Waals surface area contributed by atoms with Gasteiger partial charge in [-0.15, -0.1) is 0 Å². The third kappa shape index (κ3) is 4.24. The van der Waals surface area contributed by atoms with E-state index >= 15 is 0 Å². The first kappa shape index (κ1) is 13.3. The van der Waals surface area contributed by atoms with E-state index in [1.807, 2.05) is 0 Å². The van der Waals surface area contributed by atoms with Gasteiger partial charge >= 0.3 is 5.97 Å². The molecule has 0 radical (unpaired) electrons. The fourth-order valence-corrected chi connectivity index (χ4v) is 1.53. The highest BCUT2D eigenvalue weighted by molar-refractivity contribution is 5.94. The first-order valence-corrected chi connectivity index (χ1v) is 6.26. The van der Waals surface area contributed by atoms with E-state index < -0.39 is 0 Å². The average molecular weight is 263 g/mol. The second kappa shape index (κ2) is 6.17. The van der Waals surface area contributed by atoms with Crippen molar-refractivity contribution in [1.82, 2.24) is 10.3 Å². The van der Waals surface area contributed by atoms with Gasteiger partial charge in [0.05, 0.1) is 19.1 Å². The summed E-state index contributed by atoms with van der Waals surface area (Å²) in [6.07, 6.45) is 4.05. The monoisotopic (exact) mass is 263 g/mol. The van der Waals surface area contributed by atoms with Crippen LogP contribution in [0.25, 0.3) is 0 Å². The predicted molar refractivity (Wildman–Crippen MR) is 69.8 cm³/mol. The van der Waals surface area contributed by atoms with Gasteiger partial charge in [-0.1, -0.05) is 0 Å². The molecule has 1 aliphatic rings. The first-order chi connectivity index (χ1) is 9.19. The maximum atomic E-state index is 11.7. The molecule has 19 heavy (non-hydrogen) atoms. The molecular formula is C13H17N3O3. The molecule has 1 aliphatic carbocycles. The van der Waals surface area contributed by atoms with Crippen molar-refractivity contribution in [1.29, 1.82) is 0 Å². The fraction of sp³-hybridized carbons (Fsp3) is 0.462. The molecular weight excluding hydrogens is 246 g/mol. The molecule has 0 saturated heterocycles. The molecule has 0 aliphatic heterocycles. The van der Waals surface area contributed by atoms with Gasteiger partial charge in [-0.3, -0.25) is 9.59 Å². The number of methoxy groups -OCH3 is 1. The average Bonchev–Trinajstić information content (AvgIpc) is 3.23. The Morgan fingerprint density at radius 3 is 2.79 bits per heavy atom. The van der Waals surface area contributed by atoms with Crippen molar-refractivity contribution in [3.8, 4) is 0 Å². The van der Waals surface area contributed by atoms with E-state index in [1.54, 1.807) is 12.1 Å². The number of carbonyl (C=O) groups is 2. The highest BCUT2D eigenvalue weighted by Gasteiger charge is 2.21. The smallest absolute Gasteiger partial charge is 0.307 e. The molecule has 102 valence electrons. The minimum absolute atomic E-state index is 0.164. The van der Waals surface area contributed by atoms with Gasteiger partial charge in [0.25, 0.3) is 5.91 Å². The standard InChI is InChI=1S/C13H17N3O3/c1-19-12(17)6-7-14-13(18)9-2-5-11(15-8-9)16-10-3-4-10/h2,5,8,10H,3-4,6-7H2,1H3,(H,14,18)(H,15,16). The van der Waals surface area contributed by atoms with E-state index in [0.29, 0.717) is 11.6 Å². The summed E-state index contributed by atoms with van der Waals surface area (Å²) in [5.41, 5.74) is 0.478. The van der Waals surface area contributed by atoms with Crippen LogP contribution >= 0.6 is 0 Å². The van der Waals surface area contributed by atoms with Crippen molar-refractivity contribution >= 4 is 17.7 Å². The van der Waals surface area contributed by atoms with Gasteiger partial charge in [0.1, 0.15) is 5.82 Å². The zero-order valence-electron chi connectivity index (χ0n) is 10.8. The number of hydrogen-bond acceptors (Lipinski definition) is 5. The number of amides is 1. The Kier molecular flexibility index (Phi) is 4.33. The summed E-state index contributed by atoms with van der Waals surface area (Å²) < 4.78 is 4.49. The summed E-state index contributed by atoms with van der Waals surface area (Å²) in [6, 6.07) is 4.03. The molecule has 0 bridgehead atoms. The first-order valence-electron chi connectivity index (χ1n) is 6.26. The SMILES string of the molecule is COC(=O)CCNC(=O)c1ccc(NC2CC2)nc1. The van der Waals surface area contributed by atoms with Gasteiger partial charge < -0.3 is 15.4 Å². The third-order valence-corrected chi connectivity index (χ3v) is 2.80. The van der Waals surface area contributed by atoms with Crippen LogP contribution < -0.4 is 10.6 Å². The zero-order chi connectivity index (χ0) is 13.7. The predicted octanol–water partition coefficient (Wildman–Crippen LogP) is 0.949. The zero-order valence-corrected chi connectivity index (χ0v) is 10.8. The second-order valence-electron chi connectivity index (χ2n) is 4.43. The molecule has 0 atom stereocenters. The van der Waals surface area contributed by atoms with Crippen molar-refractivity contribution < 1.29 is 14.3 Å². The third-order valence-electron chi connectivity index (χ3n) is 2.80. The Hall–Kier alpha value is -2.11. The van der Waals surface area contributed by atoms with Crippen LogP contribution in [0, 0.1) is 0 Å². The summed E-state index contributed by atoms with van der Waals surface area (Å²) in [5, 5.41) is 5.88. The number of aromatic nitrogens is 1. The maximum Gasteiger partial charge on any atom is 0.307 e. The Morgan fingerprint density at radius 1 is 1.42 bits per heavy atom. The minimum Gasteiger partial charge on any atom is -0.469 e. The van der Waals surface area contributed by atoms with Crippen molar-refractivity contribution in [2.24, 2.45) is 0 Å². The van der Waals surface area contributed by atoms with Gasteiger partial charge in [-0.2, -0.15) is 0 Å². The normalized spacial score (nSPS) is 13.7. The number of carbonyl (C=O) groups excluding carboxylic acids is 2. The Morgan fingerprint density at radius 2 is 2.21 bits per heavy atom. The minimum atomic E-state index is -0.345. The lowest BCUT2D eigenvalue weighted by Crippen LogP contribution is -2.26. The molecule has 2 N–H and O–H groups in total. The van der Waals surface area contributed by atoms with Crippen molar-refractivity contribution in [3.63, 3.8) is 0 Å². The molecule has 2 rings (SSSR count). The van der Waals surface area contributed by atoms with Gasteiger partial charge in [0, 0.05) is 18.8 Å². The number of nitrogens with zero attached hydrogens (tertiary/aromatic N) is 1.